The third kappa shape index (κ3) is 5.62. The molecule has 1 heterocycles. The minimum absolute atomic E-state index is 0. The molecule has 1 saturated heterocycles. The molecular formula is C7H16Cl2F2N2. The van der Waals surface area contributed by atoms with Crippen LogP contribution in [0.25, 0.3) is 0 Å². The third-order valence-corrected chi connectivity index (χ3v) is 1.78. The van der Waals surface area contributed by atoms with E-state index in [9.17, 15) is 8.78 Å². The van der Waals surface area contributed by atoms with Crippen LogP contribution in [0.1, 0.15) is 6.42 Å². The van der Waals surface area contributed by atoms with Crippen LogP contribution in [0.2, 0.25) is 0 Å². The molecule has 13 heavy (non-hydrogen) atoms. The zero-order valence-corrected chi connectivity index (χ0v) is 9.35. The molecular weight excluding hydrogens is 221 g/mol. The van der Waals surface area contributed by atoms with Gasteiger partial charge >= 0.3 is 0 Å². The van der Waals surface area contributed by atoms with Crippen LogP contribution in [0.4, 0.5) is 8.78 Å². The van der Waals surface area contributed by atoms with Crippen molar-refractivity contribution in [2.24, 2.45) is 0 Å². The summed E-state index contributed by atoms with van der Waals surface area (Å²) in [4.78, 5) is 1.92. The summed E-state index contributed by atoms with van der Waals surface area (Å²) in [5.74, 6) is -2.49. The van der Waals surface area contributed by atoms with Crippen molar-refractivity contribution in [2.45, 2.75) is 18.4 Å². The Hall–Kier alpha value is 0.360. The zero-order valence-electron chi connectivity index (χ0n) is 7.72. The summed E-state index contributed by atoms with van der Waals surface area (Å²) in [5.41, 5.74) is 0. The van der Waals surface area contributed by atoms with Gasteiger partial charge in [0, 0.05) is 19.0 Å². The molecule has 6 heteroatoms. The lowest BCUT2D eigenvalue weighted by molar-refractivity contribution is 0.0204. The molecule has 0 saturated carbocycles. The molecule has 0 radical (unpaired) electrons. The molecule has 0 amide bonds. The second-order valence-corrected chi connectivity index (χ2v) is 3.40. The van der Waals surface area contributed by atoms with Crippen molar-refractivity contribution in [3.63, 3.8) is 0 Å². The number of likely N-dealkylation sites (N-methyl/N-ethyl adjacent to an activating group) is 1. The Balaban J connectivity index is 0. The van der Waals surface area contributed by atoms with Gasteiger partial charge in [-0.05, 0) is 14.1 Å². The second kappa shape index (κ2) is 5.96. The smallest absolute Gasteiger partial charge is 0.261 e. The summed E-state index contributed by atoms with van der Waals surface area (Å²) < 4.78 is 25.1. The first-order valence-corrected chi connectivity index (χ1v) is 3.75. The molecule has 0 spiro atoms. The Bertz CT molecular complexity index is 144. The van der Waals surface area contributed by atoms with Crippen LogP contribution in [-0.4, -0.2) is 44.0 Å². The highest BCUT2D eigenvalue weighted by Crippen LogP contribution is 2.24. The molecule has 0 unspecified atom stereocenters. The van der Waals surface area contributed by atoms with E-state index in [4.69, 9.17) is 0 Å². The van der Waals surface area contributed by atoms with Crippen molar-refractivity contribution in [3.8, 4) is 0 Å². The van der Waals surface area contributed by atoms with E-state index in [1.165, 1.54) is 0 Å². The van der Waals surface area contributed by atoms with Crippen LogP contribution in [0.3, 0.4) is 0 Å². The number of nitrogens with zero attached hydrogens (tertiary/aromatic N) is 1. The van der Waals surface area contributed by atoms with Crippen molar-refractivity contribution in [3.05, 3.63) is 0 Å². The first kappa shape index (κ1) is 15.8. The number of hydrogen-bond donors (Lipinski definition) is 1. The Morgan fingerprint density at radius 3 is 2.23 bits per heavy atom. The molecule has 0 aromatic carbocycles. The zero-order chi connectivity index (χ0) is 8.48. The fraction of sp³-hybridized carbons (Fsp3) is 1.00. The average molecular weight is 237 g/mol. The molecule has 1 rings (SSSR count). The highest BCUT2D eigenvalue weighted by Gasteiger charge is 2.38. The Labute approximate surface area is 89.9 Å². The standard InChI is InChI=1S/C7H14F2N2.2ClH/c1-11(2)4-6-3-7(8,9)5-10-6;;/h6,10H,3-5H2,1-2H3;2*1H/t6-;;/m0../s1. The summed E-state index contributed by atoms with van der Waals surface area (Å²) in [5, 5.41) is 2.79. The summed E-state index contributed by atoms with van der Waals surface area (Å²) >= 11 is 0. The number of hydrogen-bond acceptors (Lipinski definition) is 2. The maximum atomic E-state index is 12.6. The van der Waals surface area contributed by atoms with E-state index >= 15 is 0 Å². The first-order valence-electron chi connectivity index (χ1n) is 3.75. The van der Waals surface area contributed by atoms with Gasteiger partial charge in [-0.15, -0.1) is 24.8 Å². The summed E-state index contributed by atoms with van der Waals surface area (Å²) in [7, 11) is 3.77. The van der Waals surface area contributed by atoms with E-state index in [2.05, 4.69) is 5.32 Å². The maximum Gasteiger partial charge on any atom is 0.261 e. The molecule has 2 nitrogen and oxygen atoms in total. The average Bonchev–Trinajstić information content (AvgIpc) is 2.08. The molecule has 82 valence electrons. The first-order chi connectivity index (χ1) is 4.99. The van der Waals surface area contributed by atoms with Gasteiger partial charge in [0.25, 0.3) is 5.92 Å². The Morgan fingerprint density at radius 2 is 1.92 bits per heavy atom. The summed E-state index contributed by atoms with van der Waals surface area (Å²) in [6.07, 6.45) is -0.0226. The van der Waals surface area contributed by atoms with E-state index in [1.54, 1.807) is 0 Å². The maximum absolute atomic E-state index is 12.6. The van der Waals surface area contributed by atoms with E-state index in [0.29, 0.717) is 6.54 Å². The molecule has 1 atom stereocenters. The van der Waals surface area contributed by atoms with Crippen LogP contribution in [-0.2, 0) is 0 Å². The number of halogens is 4. The normalized spacial score (nSPS) is 25.2. The van der Waals surface area contributed by atoms with Crippen molar-refractivity contribution in [2.75, 3.05) is 27.2 Å². The minimum Gasteiger partial charge on any atom is -0.308 e. The summed E-state index contributed by atoms with van der Waals surface area (Å²) in [6.45, 7) is 0.529. The van der Waals surface area contributed by atoms with Crippen LogP contribution in [0.5, 0.6) is 0 Å². The lowest BCUT2D eigenvalue weighted by Crippen LogP contribution is -2.33. The van der Waals surface area contributed by atoms with E-state index < -0.39 is 5.92 Å². The van der Waals surface area contributed by atoms with Gasteiger partial charge in [0.1, 0.15) is 0 Å². The predicted molar refractivity (Wildman–Crippen MR) is 54.4 cm³/mol. The third-order valence-electron chi connectivity index (χ3n) is 1.78. The van der Waals surface area contributed by atoms with Crippen molar-refractivity contribution in [1.29, 1.82) is 0 Å². The molecule has 0 aromatic heterocycles. The van der Waals surface area contributed by atoms with E-state index in [0.717, 1.165) is 0 Å². The van der Waals surface area contributed by atoms with Gasteiger partial charge in [-0.2, -0.15) is 0 Å². The lowest BCUT2D eigenvalue weighted by atomic mass is 10.2. The van der Waals surface area contributed by atoms with Gasteiger partial charge in [-0.3, -0.25) is 0 Å². The highest BCUT2D eigenvalue weighted by molar-refractivity contribution is 5.85. The molecule has 0 bridgehead atoms. The molecule has 1 aliphatic heterocycles. The molecule has 0 aliphatic carbocycles. The van der Waals surface area contributed by atoms with Crippen LogP contribution >= 0.6 is 24.8 Å². The predicted octanol–water partition coefficient (Wildman–Crippen LogP) is 1.39. The molecule has 1 N–H and O–H groups in total. The van der Waals surface area contributed by atoms with Crippen LogP contribution < -0.4 is 5.32 Å². The second-order valence-electron chi connectivity index (χ2n) is 3.40. The van der Waals surface area contributed by atoms with Crippen molar-refractivity contribution < 1.29 is 8.78 Å². The lowest BCUT2D eigenvalue weighted by Gasteiger charge is -2.15. The topological polar surface area (TPSA) is 15.3 Å². The monoisotopic (exact) mass is 236 g/mol. The van der Waals surface area contributed by atoms with Gasteiger partial charge < -0.3 is 10.2 Å². The molecule has 0 aromatic rings. The number of rotatable bonds is 2. The fourth-order valence-corrected chi connectivity index (χ4v) is 1.37. The summed E-state index contributed by atoms with van der Waals surface area (Å²) in [6, 6.07) is -0.0417. The van der Waals surface area contributed by atoms with Gasteiger partial charge in [-0.25, -0.2) is 8.78 Å². The van der Waals surface area contributed by atoms with Gasteiger partial charge in [0.2, 0.25) is 0 Å². The largest absolute Gasteiger partial charge is 0.308 e. The number of nitrogens with one attached hydrogen (secondary N) is 1. The van der Waals surface area contributed by atoms with Crippen molar-refractivity contribution in [1.82, 2.24) is 10.2 Å². The Kier molecular flexibility index (Phi) is 7.25. The van der Waals surface area contributed by atoms with Crippen LogP contribution in [0, 0.1) is 0 Å². The van der Waals surface area contributed by atoms with Gasteiger partial charge in [0.15, 0.2) is 0 Å². The van der Waals surface area contributed by atoms with Gasteiger partial charge in [0.05, 0.1) is 6.54 Å². The van der Waals surface area contributed by atoms with E-state index in [1.807, 2.05) is 19.0 Å². The van der Waals surface area contributed by atoms with E-state index in [-0.39, 0.29) is 43.8 Å². The minimum atomic E-state index is -2.49. The van der Waals surface area contributed by atoms with Crippen LogP contribution in [0.15, 0.2) is 0 Å². The highest BCUT2D eigenvalue weighted by atomic mass is 35.5. The number of alkyl halides is 2. The SMILES string of the molecule is CN(C)C[C@@H]1CC(F)(F)CN1.Cl.Cl. The Morgan fingerprint density at radius 1 is 1.38 bits per heavy atom. The van der Waals surface area contributed by atoms with Gasteiger partial charge in [-0.1, -0.05) is 0 Å². The van der Waals surface area contributed by atoms with Crippen molar-refractivity contribution >= 4 is 24.8 Å². The fourth-order valence-electron chi connectivity index (χ4n) is 1.37. The quantitative estimate of drug-likeness (QED) is 0.780. The molecule has 1 aliphatic rings. The molecule has 1 fully saturated rings.